The average molecular weight is 326 g/mol. The van der Waals surface area contributed by atoms with E-state index in [1.807, 2.05) is 54.6 Å². The topological polar surface area (TPSA) is 52.0 Å². The molecule has 0 aliphatic carbocycles. The zero-order valence-electron chi connectivity index (χ0n) is 13.9. The van der Waals surface area contributed by atoms with Gasteiger partial charge in [-0.3, -0.25) is 0 Å². The van der Waals surface area contributed by atoms with Crippen molar-refractivity contribution in [3.05, 3.63) is 83.4 Å². The molecule has 0 bridgehead atoms. The molecule has 4 aromatic rings. The molecule has 0 saturated heterocycles. The van der Waals surface area contributed by atoms with Gasteiger partial charge < -0.3 is 10.2 Å². The molecule has 4 rings (SSSR count). The van der Waals surface area contributed by atoms with Crippen molar-refractivity contribution in [3.63, 3.8) is 0 Å². The van der Waals surface area contributed by atoms with Crippen LogP contribution in [-0.2, 0) is 0 Å². The fraction of sp³-hybridized carbons (Fsp3) is 0.0455. The quantitative estimate of drug-likeness (QED) is 0.396. The van der Waals surface area contributed by atoms with Gasteiger partial charge in [-0.25, -0.2) is 4.98 Å². The fourth-order valence-electron chi connectivity index (χ4n) is 2.70. The molecule has 0 atom stereocenters. The molecule has 3 heteroatoms. The largest absolute Gasteiger partial charge is 0.436 e. The highest BCUT2D eigenvalue weighted by atomic mass is 16.3. The van der Waals surface area contributed by atoms with Gasteiger partial charge in [-0.05, 0) is 60.0 Å². The SMILES string of the molecule is Cc1ccc2oc(-c3ccc(/C=C/c4ccc(N)cc4)cc3)nc2c1. The summed E-state index contributed by atoms with van der Waals surface area (Å²) >= 11 is 0. The molecule has 0 unspecified atom stereocenters. The van der Waals surface area contributed by atoms with E-state index in [0.717, 1.165) is 33.5 Å². The molecule has 0 spiro atoms. The predicted molar refractivity (Wildman–Crippen MR) is 104 cm³/mol. The minimum Gasteiger partial charge on any atom is -0.436 e. The maximum atomic E-state index is 5.85. The summed E-state index contributed by atoms with van der Waals surface area (Å²) in [5.41, 5.74) is 12.6. The smallest absolute Gasteiger partial charge is 0.227 e. The molecule has 0 saturated carbocycles. The molecule has 0 fully saturated rings. The van der Waals surface area contributed by atoms with Gasteiger partial charge in [0.1, 0.15) is 5.52 Å². The average Bonchev–Trinajstić information content (AvgIpc) is 3.05. The van der Waals surface area contributed by atoms with Crippen LogP contribution in [0.3, 0.4) is 0 Å². The van der Waals surface area contributed by atoms with Crippen LogP contribution in [0.5, 0.6) is 0 Å². The number of fused-ring (bicyclic) bond motifs is 1. The lowest BCUT2D eigenvalue weighted by Gasteiger charge is -1.98. The number of rotatable bonds is 3. The zero-order chi connectivity index (χ0) is 17.2. The Bertz CT molecular complexity index is 1040. The number of nitrogen functional groups attached to an aromatic ring is 1. The number of hydrogen-bond acceptors (Lipinski definition) is 3. The Morgan fingerprint density at radius 2 is 1.48 bits per heavy atom. The number of aryl methyl sites for hydroxylation is 1. The van der Waals surface area contributed by atoms with E-state index in [2.05, 4.69) is 36.2 Å². The minimum atomic E-state index is 0.648. The Kier molecular flexibility index (Phi) is 3.82. The van der Waals surface area contributed by atoms with Crippen molar-refractivity contribution in [1.82, 2.24) is 4.98 Å². The molecule has 0 amide bonds. The van der Waals surface area contributed by atoms with E-state index in [1.165, 1.54) is 5.56 Å². The van der Waals surface area contributed by atoms with Crippen molar-refractivity contribution in [2.75, 3.05) is 5.73 Å². The molecule has 3 nitrogen and oxygen atoms in total. The second-order valence-electron chi connectivity index (χ2n) is 6.11. The third-order valence-electron chi connectivity index (χ3n) is 4.11. The number of anilines is 1. The van der Waals surface area contributed by atoms with E-state index < -0.39 is 0 Å². The van der Waals surface area contributed by atoms with Gasteiger partial charge in [-0.15, -0.1) is 0 Å². The Hall–Kier alpha value is -3.33. The highest BCUT2D eigenvalue weighted by molar-refractivity contribution is 5.77. The lowest BCUT2D eigenvalue weighted by molar-refractivity contribution is 0.620. The summed E-state index contributed by atoms with van der Waals surface area (Å²) in [6.07, 6.45) is 4.14. The minimum absolute atomic E-state index is 0.648. The van der Waals surface area contributed by atoms with Crippen molar-refractivity contribution in [1.29, 1.82) is 0 Å². The highest BCUT2D eigenvalue weighted by Crippen LogP contribution is 2.25. The highest BCUT2D eigenvalue weighted by Gasteiger charge is 2.07. The van der Waals surface area contributed by atoms with Gasteiger partial charge in [0.15, 0.2) is 5.58 Å². The van der Waals surface area contributed by atoms with Crippen LogP contribution < -0.4 is 5.73 Å². The number of hydrogen-bond donors (Lipinski definition) is 1. The van der Waals surface area contributed by atoms with Crippen LogP contribution in [0, 0.1) is 6.92 Å². The number of nitrogens with two attached hydrogens (primary N) is 1. The second kappa shape index (κ2) is 6.29. The first-order valence-corrected chi connectivity index (χ1v) is 8.19. The van der Waals surface area contributed by atoms with Gasteiger partial charge in [-0.1, -0.05) is 42.5 Å². The van der Waals surface area contributed by atoms with Crippen LogP contribution >= 0.6 is 0 Å². The van der Waals surface area contributed by atoms with E-state index >= 15 is 0 Å². The number of oxazole rings is 1. The lowest BCUT2D eigenvalue weighted by Crippen LogP contribution is -1.82. The summed E-state index contributed by atoms with van der Waals surface area (Å²) in [4.78, 5) is 4.58. The van der Waals surface area contributed by atoms with Crippen LogP contribution in [0.2, 0.25) is 0 Å². The molecule has 3 aromatic carbocycles. The Balaban J connectivity index is 1.57. The monoisotopic (exact) mass is 326 g/mol. The van der Waals surface area contributed by atoms with Crippen LogP contribution in [0.1, 0.15) is 16.7 Å². The number of aromatic nitrogens is 1. The van der Waals surface area contributed by atoms with Gasteiger partial charge in [0.25, 0.3) is 0 Å². The Labute approximate surface area is 146 Å². The van der Waals surface area contributed by atoms with Crippen molar-refractivity contribution < 1.29 is 4.42 Å². The molecule has 122 valence electrons. The van der Waals surface area contributed by atoms with E-state index in [-0.39, 0.29) is 0 Å². The van der Waals surface area contributed by atoms with E-state index in [4.69, 9.17) is 10.2 Å². The van der Waals surface area contributed by atoms with Crippen molar-refractivity contribution in [3.8, 4) is 11.5 Å². The van der Waals surface area contributed by atoms with Crippen LogP contribution in [0.25, 0.3) is 34.7 Å². The fourth-order valence-corrected chi connectivity index (χ4v) is 2.70. The van der Waals surface area contributed by atoms with Crippen molar-refractivity contribution in [2.45, 2.75) is 6.92 Å². The van der Waals surface area contributed by atoms with Gasteiger partial charge in [0, 0.05) is 11.3 Å². The van der Waals surface area contributed by atoms with Gasteiger partial charge in [0.2, 0.25) is 5.89 Å². The Morgan fingerprint density at radius 3 is 2.16 bits per heavy atom. The molecule has 25 heavy (non-hydrogen) atoms. The standard InChI is InChI=1S/C22H18N2O/c1-15-2-13-21-20(14-15)24-22(25-21)18-9-5-16(6-10-18)3-4-17-7-11-19(23)12-8-17/h2-14H,23H2,1H3/b4-3+. The number of benzene rings is 3. The second-order valence-corrected chi connectivity index (χ2v) is 6.11. The Morgan fingerprint density at radius 1 is 0.840 bits per heavy atom. The predicted octanol–water partition coefficient (Wildman–Crippen LogP) is 5.56. The van der Waals surface area contributed by atoms with E-state index in [1.54, 1.807) is 0 Å². The molecule has 1 heterocycles. The van der Waals surface area contributed by atoms with Crippen LogP contribution in [-0.4, -0.2) is 4.98 Å². The summed E-state index contributed by atoms with van der Waals surface area (Å²) in [6.45, 7) is 2.05. The first-order chi connectivity index (χ1) is 12.2. The lowest BCUT2D eigenvalue weighted by atomic mass is 10.1. The normalized spacial score (nSPS) is 11.4. The third-order valence-corrected chi connectivity index (χ3v) is 4.11. The van der Waals surface area contributed by atoms with Crippen LogP contribution in [0.4, 0.5) is 5.69 Å². The summed E-state index contributed by atoms with van der Waals surface area (Å²) in [5.74, 6) is 0.648. The zero-order valence-corrected chi connectivity index (χ0v) is 13.9. The van der Waals surface area contributed by atoms with E-state index in [0.29, 0.717) is 5.89 Å². The summed E-state index contributed by atoms with van der Waals surface area (Å²) in [7, 11) is 0. The van der Waals surface area contributed by atoms with Crippen molar-refractivity contribution >= 4 is 28.9 Å². The molecule has 2 N–H and O–H groups in total. The van der Waals surface area contributed by atoms with Crippen molar-refractivity contribution in [2.24, 2.45) is 0 Å². The van der Waals surface area contributed by atoms with Gasteiger partial charge in [-0.2, -0.15) is 0 Å². The molecule has 0 aliphatic heterocycles. The van der Waals surface area contributed by atoms with E-state index in [9.17, 15) is 0 Å². The molecule has 0 aliphatic rings. The molecule has 1 aromatic heterocycles. The molecule has 0 radical (unpaired) electrons. The summed E-state index contributed by atoms with van der Waals surface area (Å²) in [5, 5.41) is 0. The number of nitrogens with zero attached hydrogens (tertiary/aromatic N) is 1. The maximum Gasteiger partial charge on any atom is 0.227 e. The first kappa shape index (κ1) is 15.2. The first-order valence-electron chi connectivity index (χ1n) is 8.19. The maximum absolute atomic E-state index is 5.85. The molecular weight excluding hydrogens is 308 g/mol. The molecular formula is C22H18N2O. The third kappa shape index (κ3) is 3.31. The van der Waals surface area contributed by atoms with Gasteiger partial charge in [0.05, 0.1) is 0 Å². The van der Waals surface area contributed by atoms with Crippen LogP contribution in [0.15, 0.2) is 71.1 Å². The summed E-state index contributed by atoms with van der Waals surface area (Å²) < 4.78 is 5.85. The van der Waals surface area contributed by atoms with Gasteiger partial charge >= 0.3 is 0 Å². The summed E-state index contributed by atoms with van der Waals surface area (Å²) in [6, 6.07) is 22.0.